The molecule has 0 unspecified atom stereocenters. The van der Waals surface area contributed by atoms with E-state index in [-0.39, 0.29) is 10.9 Å². The van der Waals surface area contributed by atoms with Crippen molar-refractivity contribution in [3.05, 3.63) is 40.7 Å². The Hall–Kier alpha value is -2.21. The van der Waals surface area contributed by atoms with Gasteiger partial charge in [-0.1, -0.05) is 44.2 Å². The number of carbonyl (C=O) groups is 2. The summed E-state index contributed by atoms with van der Waals surface area (Å²) in [5.41, 5.74) is 1.63. The van der Waals surface area contributed by atoms with Gasteiger partial charge in [-0.3, -0.25) is 4.79 Å². The van der Waals surface area contributed by atoms with E-state index in [4.69, 9.17) is 5.11 Å². The first-order valence-electron chi connectivity index (χ1n) is 6.53. The van der Waals surface area contributed by atoms with Crippen LogP contribution < -0.4 is 5.32 Å². The number of carbonyl (C=O) groups excluding carboxylic acids is 1. The molecule has 5 nitrogen and oxygen atoms in total. The number of carboxylic acids is 1. The van der Waals surface area contributed by atoms with E-state index >= 15 is 0 Å². The van der Waals surface area contributed by atoms with E-state index in [0.717, 1.165) is 5.56 Å². The largest absolute Gasteiger partial charge is 0.480 e. The van der Waals surface area contributed by atoms with Gasteiger partial charge in [0.15, 0.2) is 5.01 Å². The van der Waals surface area contributed by atoms with E-state index in [9.17, 15) is 9.59 Å². The molecule has 1 aromatic heterocycles. The van der Waals surface area contributed by atoms with Gasteiger partial charge in [0.25, 0.3) is 5.91 Å². The fourth-order valence-electron chi connectivity index (χ4n) is 1.84. The molecular weight excluding hydrogens is 288 g/mol. The molecule has 2 rings (SSSR count). The smallest absolute Gasteiger partial charge is 0.326 e. The summed E-state index contributed by atoms with van der Waals surface area (Å²) in [6, 6.07) is 8.60. The number of rotatable bonds is 5. The van der Waals surface area contributed by atoms with E-state index in [2.05, 4.69) is 10.3 Å². The van der Waals surface area contributed by atoms with Gasteiger partial charge >= 0.3 is 5.97 Å². The molecule has 21 heavy (non-hydrogen) atoms. The number of amides is 1. The second kappa shape index (κ2) is 6.49. The van der Waals surface area contributed by atoms with Gasteiger partial charge in [-0.2, -0.15) is 0 Å². The van der Waals surface area contributed by atoms with Crippen molar-refractivity contribution in [2.75, 3.05) is 0 Å². The highest BCUT2D eigenvalue weighted by molar-refractivity contribution is 7.12. The van der Waals surface area contributed by atoms with Crippen LogP contribution >= 0.6 is 11.3 Å². The minimum absolute atomic E-state index is 0.194. The van der Waals surface area contributed by atoms with Gasteiger partial charge in [0, 0.05) is 10.9 Å². The number of hydrogen-bond donors (Lipinski definition) is 2. The predicted molar refractivity (Wildman–Crippen MR) is 81.3 cm³/mol. The Morgan fingerprint density at radius 1 is 1.24 bits per heavy atom. The van der Waals surface area contributed by atoms with Crippen molar-refractivity contribution in [3.8, 4) is 11.3 Å². The zero-order chi connectivity index (χ0) is 15.4. The number of hydrogen-bond acceptors (Lipinski definition) is 4. The van der Waals surface area contributed by atoms with Crippen LogP contribution in [0.15, 0.2) is 35.7 Å². The lowest BCUT2D eigenvalue weighted by Crippen LogP contribution is -2.44. The predicted octanol–water partition coefficient (Wildman–Crippen LogP) is 2.65. The van der Waals surface area contributed by atoms with Crippen molar-refractivity contribution in [1.82, 2.24) is 10.3 Å². The monoisotopic (exact) mass is 304 g/mol. The SMILES string of the molecule is CC(C)[C@@H](NC(=O)c1nc(-c2ccccc2)cs1)C(=O)O. The number of aliphatic carboxylic acids is 1. The van der Waals surface area contributed by atoms with Crippen molar-refractivity contribution >= 4 is 23.2 Å². The zero-order valence-electron chi connectivity index (χ0n) is 11.7. The van der Waals surface area contributed by atoms with Crippen LogP contribution in [0.2, 0.25) is 0 Å². The van der Waals surface area contributed by atoms with E-state index in [1.54, 1.807) is 19.2 Å². The first-order valence-corrected chi connectivity index (χ1v) is 7.41. The number of nitrogens with one attached hydrogen (secondary N) is 1. The zero-order valence-corrected chi connectivity index (χ0v) is 12.6. The Labute approximate surface area is 126 Å². The molecular formula is C15H16N2O3S. The maximum absolute atomic E-state index is 12.1. The molecule has 1 heterocycles. The van der Waals surface area contributed by atoms with Crippen LogP contribution in [-0.2, 0) is 4.79 Å². The molecule has 1 atom stereocenters. The van der Waals surface area contributed by atoms with Crippen LogP contribution in [0, 0.1) is 5.92 Å². The van der Waals surface area contributed by atoms with Crippen molar-refractivity contribution in [2.24, 2.45) is 5.92 Å². The highest BCUT2D eigenvalue weighted by atomic mass is 32.1. The summed E-state index contributed by atoms with van der Waals surface area (Å²) in [4.78, 5) is 27.5. The third-order valence-corrected chi connectivity index (χ3v) is 3.83. The molecule has 0 radical (unpaired) electrons. The number of benzene rings is 1. The molecule has 0 saturated heterocycles. The van der Waals surface area contributed by atoms with Crippen molar-refractivity contribution in [3.63, 3.8) is 0 Å². The van der Waals surface area contributed by atoms with Gasteiger partial charge in [-0.15, -0.1) is 11.3 Å². The van der Waals surface area contributed by atoms with Crippen LogP contribution in [0.1, 0.15) is 23.6 Å². The van der Waals surface area contributed by atoms with Crippen LogP contribution in [0.25, 0.3) is 11.3 Å². The van der Waals surface area contributed by atoms with Gasteiger partial charge < -0.3 is 10.4 Å². The molecule has 1 aromatic carbocycles. The number of carboxylic acid groups (broad SMARTS) is 1. The molecule has 0 fully saturated rings. The third-order valence-electron chi connectivity index (χ3n) is 2.99. The lowest BCUT2D eigenvalue weighted by molar-refractivity contribution is -0.140. The summed E-state index contributed by atoms with van der Waals surface area (Å²) in [6.45, 7) is 3.49. The molecule has 1 amide bonds. The molecule has 0 bridgehead atoms. The van der Waals surface area contributed by atoms with E-state index in [1.165, 1.54) is 11.3 Å². The topological polar surface area (TPSA) is 79.3 Å². The Morgan fingerprint density at radius 3 is 2.48 bits per heavy atom. The molecule has 2 aromatic rings. The van der Waals surface area contributed by atoms with Gasteiger partial charge in [0.1, 0.15) is 6.04 Å². The minimum atomic E-state index is -1.04. The molecule has 0 aliphatic carbocycles. The molecule has 0 saturated carbocycles. The first-order chi connectivity index (χ1) is 9.99. The number of aromatic nitrogens is 1. The Morgan fingerprint density at radius 2 is 1.90 bits per heavy atom. The maximum atomic E-state index is 12.1. The van der Waals surface area contributed by atoms with Crippen molar-refractivity contribution in [1.29, 1.82) is 0 Å². The summed E-state index contributed by atoms with van der Waals surface area (Å²) in [7, 11) is 0. The van der Waals surface area contributed by atoms with Crippen molar-refractivity contribution < 1.29 is 14.7 Å². The number of thiazole rings is 1. The third kappa shape index (κ3) is 3.66. The van der Waals surface area contributed by atoms with Crippen LogP contribution in [0.3, 0.4) is 0 Å². The Bertz CT molecular complexity index is 637. The number of nitrogens with zero attached hydrogens (tertiary/aromatic N) is 1. The van der Waals surface area contributed by atoms with Crippen LogP contribution in [-0.4, -0.2) is 28.0 Å². The Balaban J connectivity index is 2.14. The lowest BCUT2D eigenvalue weighted by Gasteiger charge is -2.16. The summed E-state index contributed by atoms with van der Waals surface area (Å²) in [6.07, 6.45) is 0. The fourth-order valence-corrected chi connectivity index (χ4v) is 2.57. The second-order valence-corrected chi connectivity index (χ2v) is 5.80. The quantitative estimate of drug-likeness (QED) is 0.890. The van der Waals surface area contributed by atoms with Gasteiger partial charge in [0.05, 0.1) is 5.69 Å². The second-order valence-electron chi connectivity index (χ2n) is 4.94. The van der Waals surface area contributed by atoms with Crippen LogP contribution in [0.5, 0.6) is 0 Å². The first kappa shape index (κ1) is 15.2. The average molecular weight is 304 g/mol. The normalized spacial score (nSPS) is 12.1. The lowest BCUT2D eigenvalue weighted by atomic mass is 10.1. The highest BCUT2D eigenvalue weighted by Gasteiger charge is 2.25. The maximum Gasteiger partial charge on any atom is 0.326 e. The standard InChI is InChI=1S/C15H16N2O3S/c1-9(2)12(15(19)20)17-13(18)14-16-11(8-21-14)10-6-4-3-5-7-10/h3-9,12H,1-2H3,(H,17,18)(H,19,20)/t12-/m1/s1. The van der Waals surface area contributed by atoms with Gasteiger partial charge in [0.2, 0.25) is 0 Å². The Kier molecular flexibility index (Phi) is 4.70. The molecule has 0 aliphatic heterocycles. The summed E-state index contributed by atoms with van der Waals surface area (Å²) >= 11 is 1.20. The van der Waals surface area contributed by atoms with Crippen LogP contribution in [0.4, 0.5) is 0 Å². The van der Waals surface area contributed by atoms with Gasteiger partial charge in [-0.25, -0.2) is 9.78 Å². The van der Waals surface area contributed by atoms with E-state index in [0.29, 0.717) is 5.69 Å². The highest BCUT2D eigenvalue weighted by Crippen LogP contribution is 2.21. The van der Waals surface area contributed by atoms with Crippen molar-refractivity contribution in [2.45, 2.75) is 19.9 Å². The molecule has 0 aliphatic rings. The summed E-state index contributed by atoms with van der Waals surface area (Å²) in [5, 5.41) is 13.6. The van der Waals surface area contributed by atoms with E-state index in [1.807, 2.05) is 30.3 Å². The van der Waals surface area contributed by atoms with E-state index < -0.39 is 17.9 Å². The molecule has 6 heteroatoms. The molecule has 0 spiro atoms. The summed E-state index contributed by atoms with van der Waals surface area (Å²) in [5.74, 6) is -1.69. The summed E-state index contributed by atoms with van der Waals surface area (Å²) < 4.78 is 0. The average Bonchev–Trinajstić information content (AvgIpc) is 2.94. The van der Waals surface area contributed by atoms with Gasteiger partial charge in [-0.05, 0) is 5.92 Å². The minimum Gasteiger partial charge on any atom is -0.480 e. The molecule has 110 valence electrons. The molecule has 2 N–H and O–H groups in total. The fraction of sp³-hybridized carbons (Fsp3) is 0.267.